The van der Waals surface area contributed by atoms with Crippen LogP contribution in [0.3, 0.4) is 0 Å². The predicted octanol–water partition coefficient (Wildman–Crippen LogP) is 2.41. The molecule has 0 saturated heterocycles. The first kappa shape index (κ1) is 15.3. The SMILES string of the molecule is CS(=O)(=O)c1cccc(OCC(O)CC2CCCC2)c1. The number of ether oxygens (including phenoxy) is 1. The number of benzene rings is 1. The zero-order valence-corrected chi connectivity index (χ0v) is 12.6. The summed E-state index contributed by atoms with van der Waals surface area (Å²) in [5, 5.41) is 9.96. The highest BCUT2D eigenvalue weighted by Crippen LogP contribution is 2.28. The zero-order chi connectivity index (χ0) is 14.6. The highest BCUT2D eigenvalue weighted by Gasteiger charge is 2.19. The van der Waals surface area contributed by atoms with E-state index in [1.54, 1.807) is 12.1 Å². The summed E-state index contributed by atoms with van der Waals surface area (Å²) in [6.45, 7) is 0.212. The van der Waals surface area contributed by atoms with Gasteiger partial charge in [0.15, 0.2) is 9.84 Å². The Balaban J connectivity index is 1.87. The summed E-state index contributed by atoms with van der Waals surface area (Å²) in [4.78, 5) is 0.236. The van der Waals surface area contributed by atoms with Crippen LogP contribution in [-0.4, -0.2) is 32.5 Å². The lowest BCUT2D eigenvalue weighted by atomic mass is 10.0. The minimum absolute atomic E-state index is 0.212. The predicted molar refractivity (Wildman–Crippen MR) is 77.6 cm³/mol. The van der Waals surface area contributed by atoms with Gasteiger partial charge in [-0.2, -0.15) is 0 Å². The quantitative estimate of drug-likeness (QED) is 0.876. The van der Waals surface area contributed by atoms with Crippen molar-refractivity contribution in [3.05, 3.63) is 24.3 Å². The Bertz CT molecular complexity index is 533. The number of hydrogen-bond donors (Lipinski definition) is 1. The van der Waals surface area contributed by atoms with Crippen LogP contribution in [0, 0.1) is 5.92 Å². The summed E-state index contributed by atoms with van der Waals surface area (Å²) in [6, 6.07) is 6.39. The molecule has 20 heavy (non-hydrogen) atoms. The zero-order valence-electron chi connectivity index (χ0n) is 11.8. The molecule has 0 amide bonds. The van der Waals surface area contributed by atoms with Crippen LogP contribution in [0.4, 0.5) is 0 Å². The minimum Gasteiger partial charge on any atom is -0.491 e. The highest BCUT2D eigenvalue weighted by atomic mass is 32.2. The van der Waals surface area contributed by atoms with Gasteiger partial charge in [0.05, 0.1) is 11.0 Å². The van der Waals surface area contributed by atoms with E-state index in [9.17, 15) is 13.5 Å². The monoisotopic (exact) mass is 298 g/mol. The Morgan fingerprint density at radius 3 is 2.70 bits per heavy atom. The molecule has 1 aromatic carbocycles. The van der Waals surface area contributed by atoms with Crippen molar-refractivity contribution in [3.8, 4) is 5.75 Å². The van der Waals surface area contributed by atoms with Crippen molar-refractivity contribution in [2.24, 2.45) is 5.92 Å². The number of rotatable bonds is 6. The highest BCUT2D eigenvalue weighted by molar-refractivity contribution is 7.90. The summed E-state index contributed by atoms with van der Waals surface area (Å²) < 4.78 is 28.4. The Morgan fingerprint density at radius 2 is 2.05 bits per heavy atom. The van der Waals surface area contributed by atoms with Gasteiger partial charge in [0.25, 0.3) is 0 Å². The number of sulfone groups is 1. The van der Waals surface area contributed by atoms with Crippen LogP contribution >= 0.6 is 0 Å². The molecular formula is C15H22O4S. The van der Waals surface area contributed by atoms with Gasteiger partial charge >= 0.3 is 0 Å². The maximum atomic E-state index is 11.4. The van der Waals surface area contributed by atoms with Crippen LogP contribution in [0.1, 0.15) is 32.1 Å². The van der Waals surface area contributed by atoms with Crippen LogP contribution in [-0.2, 0) is 9.84 Å². The van der Waals surface area contributed by atoms with E-state index >= 15 is 0 Å². The van der Waals surface area contributed by atoms with Gasteiger partial charge in [-0.25, -0.2) is 8.42 Å². The average molecular weight is 298 g/mol. The van der Waals surface area contributed by atoms with Crippen LogP contribution in [0.15, 0.2) is 29.2 Å². The molecule has 0 bridgehead atoms. The molecule has 1 aliphatic carbocycles. The molecule has 5 heteroatoms. The molecule has 4 nitrogen and oxygen atoms in total. The molecule has 1 fully saturated rings. The third-order valence-corrected chi connectivity index (χ3v) is 4.87. The van der Waals surface area contributed by atoms with Crippen LogP contribution in [0.25, 0.3) is 0 Å². The summed E-state index contributed by atoms with van der Waals surface area (Å²) in [7, 11) is -3.23. The summed E-state index contributed by atoms with van der Waals surface area (Å²) >= 11 is 0. The second-order valence-electron chi connectivity index (χ2n) is 5.60. The van der Waals surface area contributed by atoms with E-state index in [1.807, 2.05) is 0 Å². The van der Waals surface area contributed by atoms with Gasteiger partial charge in [-0.1, -0.05) is 31.7 Å². The number of aliphatic hydroxyl groups excluding tert-OH is 1. The first-order valence-electron chi connectivity index (χ1n) is 7.06. The van der Waals surface area contributed by atoms with Gasteiger partial charge in [-0.05, 0) is 30.5 Å². The average Bonchev–Trinajstić information content (AvgIpc) is 2.88. The van der Waals surface area contributed by atoms with E-state index < -0.39 is 15.9 Å². The molecule has 0 aliphatic heterocycles. The standard InChI is InChI=1S/C15H22O4S/c1-20(17,18)15-8-4-7-14(10-15)19-11-13(16)9-12-5-2-3-6-12/h4,7-8,10,12-13,16H,2-3,5-6,9,11H2,1H3. The van der Waals surface area contributed by atoms with E-state index in [0.29, 0.717) is 11.7 Å². The van der Waals surface area contributed by atoms with Gasteiger partial charge in [0.2, 0.25) is 0 Å². The van der Waals surface area contributed by atoms with Crippen LogP contribution < -0.4 is 4.74 Å². The molecule has 0 spiro atoms. The lowest BCUT2D eigenvalue weighted by Crippen LogP contribution is -2.20. The first-order valence-corrected chi connectivity index (χ1v) is 8.95. The van der Waals surface area contributed by atoms with Crippen molar-refractivity contribution in [1.29, 1.82) is 0 Å². The van der Waals surface area contributed by atoms with Crippen molar-refractivity contribution in [3.63, 3.8) is 0 Å². The van der Waals surface area contributed by atoms with Gasteiger partial charge in [0, 0.05) is 6.26 Å². The van der Waals surface area contributed by atoms with Crippen molar-refractivity contribution < 1.29 is 18.3 Å². The molecule has 1 aliphatic rings. The molecule has 1 N–H and O–H groups in total. The molecule has 0 heterocycles. The maximum Gasteiger partial charge on any atom is 0.175 e. The van der Waals surface area contributed by atoms with E-state index in [4.69, 9.17) is 4.74 Å². The van der Waals surface area contributed by atoms with Crippen molar-refractivity contribution in [2.75, 3.05) is 12.9 Å². The van der Waals surface area contributed by atoms with Crippen molar-refractivity contribution in [2.45, 2.75) is 43.1 Å². The topological polar surface area (TPSA) is 63.6 Å². The third kappa shape index (κ3) is 4.49. The van der Waals surface area contributed by atoms with E-state index in [-0.39, 0.29) is 11.5 Å². The van der Waals surface area contributed by atoms with Gasteiger partial charge < -0.3 is 9.84 Å². The van der Waals surface area contributed by atoms with Crippen molar-refractivity contribution in [1.82, 2.24) is 0 Å². The molecule has 112 valence electrons. The van der Waals surface area contributed by atoms with E-state index in [0.717, 1.165) is 6.42 Å². The molecule has 1 saturated carbocycles. The molecule has 0 radical (unpaired) electrons. The Labute approximate surface area is 120 Å². The second-order valence-corrected chi connectivity index (χ2v) is 7.61. The molecule has 1 atom stereocenters. The summed E-state index contributed by atoms with van der Waals surface area (Å²) in [5.74, 6) is 1.09. The normalized spacial score (nSPS) is 18.1. The number of hydrogen-bond acceptors (Lipinski definition) is 4. The van der Waals surface area contributed by atoms with Gasteiger partial charge in [-0.15, -0.1) is 0 Å². The minimum atomic E-state index is -3.23. The third-order valence-electron chi connectivity index (χ3n) is 3.76. The number of aliphatic hydroxyl groups is 1. The Kier molecular flexibility index (Phi) is 5.05. The Morgan fingerprint density at radius 1 is 1.35 bits per heavy atom. The smallest absolute Gasteiger partial charge is 0.175 e. The van der Waals surface area contributed by atoms with Crippen LogP contribution in [0.2, 0.25) is 0 Å². The Hall–Kier alpha value is -1.07. The lowest BCUT2D eigenvalue weighted by molar-refractivity contribution is 0.0854. The van der Waals surface area contributed by atoms with Gasteiger partial charge in [-0.3, -0.25) is 0 Å². The summed E-state index contributed by atoms with van der Waals surface area (Å²) in [6.07, 6.45) is 6.36. The second kappa shape index (κ2) is 6.59. The lowest BCUT2D eigenvalue weighted by Gasteiger charge is -2.16. The van der Waals surface area contributed by atoms with Gasteiger partial charge in [0.1, 0.15) is 12.4 Å². The summed E-state index contributed by atoms with van der Waals surface area (Å²) in [5.41, 5.74) is 0. The molecule has 2 rings (SSSR count). The maximum absolute atomic E-state index is 11.4. The molecule has 0 aromatic heterocycles. The van der Waals surface area contributed by atoms with Crippen LogP contribution in [0.5, 0.6) is 5.75 Å². The first-order chi connectivity index (χ1) is 9.45. The fourth-order valence-electron chi connectivity index (χ4n) is 2.69. The fraction of sp³-hybridized carbons (Fsp3) is 0.600. The van der Waals surface area contributed by atoms with E-state index in [1.165, 1.54) is 44.1 Å². The van der Waals surface area contributed by atoms with Crippen molar-refractivity contribution >= 4 is 9.84 Å². The van der Waals surface area contributed by atoms with E-state index in [2.05, 4.69) is 0 Å². The molecule has 1 unspecified atom stereocenters. The molecular weight excluding hydrogens is 276 g/mol. The largest absolute Gasteiger partial charge is 0.491 e. The molecule has 1 aromatic rings. The fourth-order valence-corrected chi connectivity index (χ4v) is 3.34.